The van der Waals surface area contributed by atoms with Gasteiger partial charge in [0.25, 0.3) is 5.79 Å². The molecular weight excluding hydrogens is 420 g/mol. The summed E-state index contributed by atoms with van der Waals surface area (Å²) in [4.78, 5) is 0. The first kappa shape index (κ1) is 20.7. The molecule has 2 nitrogen and oxygen atoms in total. The summed E-state index contributed by atoms with van der Waals surface area (Å²) in [5.74, 6) is -4.79. The molecular formula is C16H12Cl3F3O2S. The number of thioether (sulfide) groups is 1. The molecule has 0 amide bonds. The number of rotatable bonds is 5. The lowest BCUT2D eigenvalue weighted by molar-refractivity contribution is -0.336. The van der Waals surface area contributed by atoms with Crippen molar-refractivity contribution in [2.45, 2.75) is 17.2 Å². The molecule has 1 atom stereocenters. The summed E-state index contributed by atoms with van der Waals surface area (Å²) in [6.07, 6.45) is -5.16. The van der Waals surface area contributed by atoms with Crippen molar-refractivity contribution in [3.05, 3.63) is 68.7 Å². The monoisotopic (exact) mass is 430 g/mol. The predicted molar refractivity (Wildman–Crippen MR) is 95.4 cm³/mol. The number of aliphatic hydroxyl groups is 2. The largest absolute Gasteiger partial charge is 0.443 e. The van der Waals surface area contributed by atoms with Crippen molar-refractivity contribution in [1.82, 2.24) is 0 Å². The molecule has 2 rings (SSSR count). The van der Waals surface area contributed by atoms with E-state index in [9.17, 15) is 23.4 Å². The highest BCUT2D eigenvalue weighted by Crippen LogP contribution is 2.41. The minimum atomic E-state index is -5.16. The molecule has 0 fully saturated rings. The highest BCUT2D eigenvalue weighted by molar-refractivity contribution is 7.99. The molecule has 2 aromatic carbocycles. The molecule has 0 aliphatic heterocycles. The van der Waals surface area contributed by atoms with E-state index in [4.69, 9.17) is 34.8 Å². The van der Waals surface area contributed by atoms with Crippen molar-refractivity contribution in [2.24, 2.45) is 0 Å². The second-order valence-corrected chi connectivity index (χ2v) is 7.57. The van der Waals surface area contributed by atoms with Crippen molar-refractivity contribution in [3.63, 3.8) is 0 Å². The lowest BCUT2D eigenvalue weighted by atomic mass is 10.0. The molecule has 25 heavy (non-hydrogen) atoms. The number of hydrogen-bond donors (Lipinski definition) is 2. The standard InChI is InChI=1S/C16H12Cl3F3O2S/c17-11-4-1-9(2-5-11)14(10-3-6-12(18)13(19)7-10)25-8-15(23,24)16(20,21)22/h1-7,14,23-24H,8H2. The van der Waals surface area contributed by atoms with Crippen LogP contribution in [0.25, 0.3) is 0 Å². The normalized spacial score (nSPS) is 13.8. The Labute approximate surface area is 161 Å². The van der Waals surface area contributed by atoms with Gasteiger partial charge in [-0.2, -0.15) is 13.2 Å². The highest BCUT2D eigenvalue weighted by Gasteiger charge is 2.53. The van der Waals surface area contributed by atoms with Crippen LogP contribution in [0.3, 0.4) is 0 Å². The topological polar surface area (TPSA) is 40.5 Å². The van der Waals surface area contributed by atoms with E-state index < -0.39 is 23.0 Å². The van der Waals surface area contributed by atoms with Gasteiger partial charge in [-0.05, 0) is 35.4 Å². The first-order valence-electron chi connectivity index (χ1n) is 6.85. The molecule has 0 radical (unpaired) electrons. The van der Waals surface area contributed by atoms with Crippen LogP contribution in [0.15, 0.2) is 42.5 Å². The first-order valence-corrected chi connectivity index (χ1v) is 9.03. The van der Waals surface area contributed by atoms with E-state index in [1.807, 2.05) is 0 Å². The molecule has 1 unspecified atom stereocenters. The summed E-state index contributed by atoms with van der Waals surface area (Å²) in [7, 11) is 0. The number of alkyl halides is 3. The summed E-state index contributed by atoms with van der Waals surface area (Å²) in [5, 5.41) is 18.9. The fourth-order valence-corrected chi connectivity index (χ4v) is 3.66. The minimum absolute atomic E-state index is 0.244. The summed E-state index contributed by atoms with van der Waals surface area (Å²) in [5.41, 5.74) is 1.20. The molecule has 0 saturated carbocycles. The molecule has 0 aromatic heterocycles. The van der Waals surface area contributed by atoms with E-state index >= 15 is 0 Å². The fraction of sp³-hybridized carbons (Fsp3) is 0.250. The van der Waals surface area contributed by atoms with Gasteiger partial charge in [0.2, 0.25) is 0 Å². The maximum atomic E-state index is 12.7. The van der Waals surface area contributed by atoms with Gasteiger partial charge in [0.1, 0.15) is 0 Å². The van der Waals surface area contributed by atoms with Crippen molar-refractivity contribution in [2.75, 3.05) is 5.75 Å². The Hall–Kier alpha value is -0.630. The summed E-state index contributed by atoms with van der Waals surface area (Å²) >= 11 is 18.4. The molecule has 2 N–H and O–H groups in total. The van der Waals surface area contributed by atoms with E-state index in [1.54, 1.807) is 30.3 Å². The molecule has 0 bridgehead atoms. The van der Waals surface area contributed by atoms with Crippen LogP contribution in [-0.2, 0) is 0 Å². The van der Waals surface area contributed by atoms with Crippen molar-refractivity contribution < 1.29 is 23.4 Å². The minimum Gasteiger partial charge on any atom is -0.358 e. The fourth-order valence-electron chi connectivity index (χ4n) is 1.98. The van der Waals surface area contributed by atoms with Crippen LogP contribution in [-0.4, -0.2) is 27.9 Å². The predicted octanol–water partition coefficient (Wildman–Crippen LogP) is 5.71. The zero-order valence-electron chi connectivity index (χ0n) is 12.4. The molecule has 0 aliphatic rings. The van der Waals surface area contributed by atoms with Crippen LogP contribution in [0.1, 0.15) is 16.4 Å². The SMILES string of the molecule is OC(O)(CSC(c1ccc(Cl)cc1)c1ccc(Cl)c(Cl)c1)C(F)(F)F. The van der Waals surface area contributed by atoms with Crippen LogP contribution < -0.4 is 0 Å². The van der Waals surface area contributed by atoms with Crippen LogP contribution in [0, 0.1) is 0 Å². The average Bonchev–Trinajstić information content (AvgIpc) is 2.51. The van der Waals surface area contributed by atoms with Gasteiger partial charge in [0.15, 0.2) is 0 Å². The Morgan fingerprint density at radius 2 is 1.44 bits per heavy atom. The maximum Gasteiger partial charge on any atom is 0.443 e. The summed E-state index contributed by atoms with van der Waals surface area (Å²) in [6.45, 7) is 0. The number of benzene rings is 2. The van der Waals surface area contributed by atoms with Crippen molar-refractivity contribution >= 4 is 46.6 Å². The third kappa shape index (κ3) is 5.18. The van der Waals surface area contributed by atoms with Crippen molar-refractivity contribution in [1.29, 1.82) is 0 Å². The Morgan fingerprint density at radius 1 is 0.880 bits per heavy atom. The quantitative estimate of drug-likeness (QED) is 0.596. The Kier molecular flexibility index (Phi) is 6.57. The molecule has 2 aromatic rings. The van der Waals surface area contributed by atoms with Crippen LogP contribution in [0.4, 0.5) is 13.2 Å². The van der Waals surface area contributed by atoms with Gasteiger partial charge in [0.05, 0.1) is 21.0 Å². The van der Waals surface area contributed by atoms with E-state index in [0.717, 1.165) is 11.8 Å². The molecule has 0 saturated heterocycles. The lowest BCUT2D eigenvalue weighted by Gasteiger charge is -2.27. The maximum absolute atomic E-state index is 12.7. The average molecular weight is 432 g/mol. The first-order chi connectivity index (χ1) is 11.5. The zero-order chi connectivity index (χ0) is 18.8. The van der Waals surface area contributed by atoms with E-state index in [1.165, 1.54) is 12.1 Å². The second-order valence-electron chi connectivity index (χ2n) is 5.23. The van der Waals surface area contributed by atoms with E-state index in [-0.39, 0.29) is 5.02 Å². The number of hydrogen-bond acceptors (Lipinski definition) is 3. The lowest BCUT2D eigenvalue weighted by Crippen LogP contribution is -2.47. The van der Waals surface area contributed by atoms with Gasteiger partial charge in [-0.3, -0.25) is 0 Å². The Morgan fingerprint density at radius 3 is 1.96 bits per heavy atom. The van der Waals surface area contributed by atoms with Gasteiger partial charge >= 0.3 is 6.18 Å². The summed E-state index contributed by atoms with van der Waals surface area (Å²) in [6, 6.07) is 11.1. The molecule has 9 heteroatoms. The van der Waals surface area contributed by atoms with Crippen LogP contribution in [0.5, 0.6) is 0 Å². The Bertz CT molecular complexity index is 736. The number of halogens is 6. The van der Waals surface area contributed by atoms with E-state index in [0.29, 0.717) is 21.2 Å². The van der Waals surface area contributed by atoms with Crippen molar-refractivity contribution in [3.8, 4) is 0 Å². The highest BCUT2D eigenvalue weighted by atomic mass is 35.5. The van der Waals surface area contributed by atoms with Gasteiger partial charge in [-0.25, -0.2) is 0 Å². The molecule has 0 spiro atoms. The van der Waals surface area contributed by atoms with E-state index in [2.05, 4.69) is 0 Å². The summed E-state index contributed by atoms with van der Waals surface area (Å²) < 4.78 is 38.1. The second kappa shape index (κ2) is 7.94. The molecule has 0 heterocycles. The van der Waals surface area contributed by atoms with Gasteiger partial charge < -0.3 is 10.2 Å². The van der Waals surface area contributed by atoms with Gasteiger partial charge in [0, 0.05) is 5.02 Å². The van der Waals surface area contributed by atoms with Gasteiger partial charge in [-0.1, -0.05) is 53.0 Å². The Balaban J connectivity index is 2.35. The molecule has 0 aliphatic carbocycles. The smallest absolute Gasteiger partial charge is 0.358 e. The zero-order valence-corrected chi connectivity index (χ0v) is 15.5. The van der Waals surface area contributed by atoms with Gasteiger partial charge in [-0.15, -0.1) is 11.8 Å². The third-order valence-corrected chi connectivity index (χ3v) is 5.76. The third-order valence-electron chi connectivity index (χ3n) is 3.32. The van der Waals surface area contributed by atoms with Crippen LogP contribution in [0.2, 0.25) is 15.1 Å². The van der Waals surface area contributed by atoms with Crippen LogP contribution >= 0.6 is 46.6 Å². The molecule has 136 valence electrons.